The Morgan fingerprint density at radius 1 is 1.21 bits per heavy atom. The molecule has 2 rings (SSSR count). The van der Waals surface area contributed by atoms with Crippen LogP contribution in [0.2, 0.25) is 0 Å². The molecule has 1 aromatic carbocycles. The van der Waals surface area contributed by atoms with Gasteiger partial charge in [0.2, 0.25) is 5.91 Å². The second-order valence-corrected chi connectivity index (χ2v) is 8.09. The average Bonchev–Trinajstić information content (AvgIpc) is 3.21. The normalized spacial score (nSPS) is 13.4. The number of aliphatic hydroxyl groups is 1. The summed E-state index contributed by atoms with van der Waals surface area (Å²) in [4.78, 5) is 17.3. The van der Waals surface area contributed by atoms with E-state index < -0.39 is 5.60 Å². The summed E-state index contributed by atoms with van der Waals surface area (Å²) in [6.07, 6.45) is 0. The number of thiophene rings is 1. The highest BCUT2D eigenvalue weighted by Gasteiger charge is 2.24. The fourth-order valence-corrected chi connectivity index (χ4v) is 3.21. The van der Waals surface area contributed by atoms with Gasteiger partial charge in [-0.25, -0.2) is 4.99 Å². The first-order valence-corrected chi connectivity index (χ1v) is 10.4. The van der Waals surface area contributed by atoms with Crippen molar-refractivity contribution in [2.24, 2.45) is 10.9 Å². The number of aliphatic imine (C=N–C) groups is 1. The minimum Gasteiger partial charge on any atom is -0.383 e. The summed E-state index contributed by atoms with van der Waals surface area (Å²) in [6.45, 7) is 9.11. The summed E-state index contributed by atoms with van der Waals surface area (Å²) in [6, 6.07) is 11.5. The van der Waals surface area contributed by atoms with Crippen molar-refractivity contribution in [3.63, 3.8) is 0 Å². The van der Waals surface area contributed by atoms with Gasteiger partial charge in [-0.2, -0.15) is 0 Å². The summed E-state index contributed by atoms with van der Waals surface area (Å²) in [5, 5.41) is 21.9. The Labute approximate surface area is 194 Å². The largest absolute Gasteiger partial charge is 0.383 e. The summed E-state index contributed by atoms with van der Waals surface area (Å²) < 4.78 is 0. The molecule has 160 valence electrons. The second kappa shape index (κ2) is 12.1. The zero-order chi connectivity index (χ0) is 20.6. The summed E-state index contributed by atoms with van der Waals surface area (Å²) in [5.41, 5.74) is 0.855. The standard InChI is InChI=1S/C21H30N4O2S.HI/c1-5-22-20(24-14-21(4,27)18-7-6-12-28-18)23-13-16-8-10-17(11-9-16)25-19(26)15(2)3;/h6-12,15,27H,5,13-14H2,1-4H3,(H,25,26)(H2,22,23,24);1H. The van der Waals surface area contributed by atoms with E-state index in [0.717, 1.165) is 22.7 Å². The van der Waals surface area contributed by atoms with Crippen molar-refractivity contribution in [2.45, 2.75) is 39.8 Å². The Balaban J connectivity index is 0.00000420. The first-order chi connectivity index (χ1) is 13.3. The number of nitrogens with zero attached hydrogens (tertiary/aromatic N) is 1. The van der Waals surface area contributed by atoms with E-state index >= 15 is 0 Å². The minimum atomic E-state index is -0.958. The maximum Gasteiger partial charge on any atom is 0.226 e. The second-order valence-electron chi connectivity index (χ2n) is 7.14. The number of hydrogen-bond donors (Lipinski definition) is 4. The number of halogens is 1. The zero-order valence-electron chi connectivity index (χ0n) is 17.4. The Morgan fingerprint density at radius 2 is 1.90 bits per heavy atom. The SMILES string of the molecule is CCNC(=NCc1ccc(NC(=O)C(C)C)cc1)NCC(C)(O)c1cccs1.I. The van der Waals surface area contributed by atoms with Crippen LogP contribution in [0.3, 0.4) is 0 Å². The van der Waals surface area contributed by atoms with E-state index in [0.29, 0.717) is 19.0 Å². The molecule has 0 aliphatic rings. The first-order valence-electron chi connectivity index (χ1n) is 9.50. The van der Waals surface area contributed by atoms with Crippen LogP contribution in [0.15, 0.2) is 46.8 Å². The minimum absolute atomic E-state index is 0. The number of amides is 1. The van der Waals surface area contributed by atoms with E-state index in [1.54, 1.807) is 6.92 Å². The quantitative estimate of drug-likeness (QED) is 0.237. The van der Waals surface area contributed by atoms with Crippen LogP contribution in [-0.2, 0) is 16.9 Å². The molecule has 1 aromatic heterocycles. The molecule has 1 heterocycles. The summed E-state index contributed by atoms with van der Waals surface area (Å²) in [7, 11) is 0. The Morgan fingerprint density at radius 3 is 2.45 bits per heavy atom. The van der Waals surface area contributed by atoms with Gasteiger partial charge >= 0.3 is 0 Å². The molecule has 0 saturated carbocycles. The number of hydrogen-bond acceptors (Lipinski definition) is 4. The van der Waals surface area contributed by atoms with E-state index in [1.807, 2.05) is 62.5 Å². The lowest BCUT2D eigenvalue weighted by Gasteiger charge is -2.23. The predicted molar refractivity (Wildman–Crippen MR) is 132 cm³/mol. The first kappa shape index (κ1) is 25.4. The molecule has 4 N–H and O–H groups in total. The highest BCUT2D eigenvalue weighted by molar-refractivity contribution is 14.0. The number of anilines is 1. The molecular weight excluding hydrogens is 499 g/mol. The van der Waals surface area contributed by atoms with Crippen LogP contribution in [0.25, 0.3) is 0 Å². The van der Waals surface area contributed by atoms with Crippen LogP contribution in [0.4, 0.5) is 5.69 Å². The van der Waals surface area contributed by atoms with Gasteiger partial charge in [0.25, 0.3) is 0 Å². The van der Waals surface area contributed by atoms with Gasteiger partial charge in [0.15, 0.2) is 5.96 Å². The molecule has 29 heavy (non-hydrogen) atoms. The highest BCUT2D eigenvalue weighted by Crippen LogP contribution is 2.24. The molecule has 0 spiro atoms. The number of nitrogens with one attached hydrogen (secondary N) is 3. The fourth-order valence-electron chi connectivity index (χ4n) is 2.42. The third-order valence-corrected chi connectivity index (χ3v) is 5.28. The van der Waals surface area contributed by atoms with E-state index in [2.05, 4.69) is 20.9 Å². The molecule has 6 nitrogen and oxygen atoms in total. The summed E-state index contributed by atoms with van der Waals surface area (Å²) >= 11 is 1.53. The van der Waals surface area contributed by atoms with Gasteiger partial charge in [0.1, 0.15) is 5.60 Å². The van der Waals surface area contributed by atoms with Crippen molar-refractivity contribution < 1.29 is 9.90 Å². The molecule has 0 aliphatic heterocycles. The van der Waals surface area contributed by atoms with Crippen molar-refractivity contribution >= 4 is 52.9 Å². The smallest absolute Gasteiger partial charge is 0.226 e. The topological polar surface area (TPSA) is 85.8 Å². The van der Waals surface area contributed by atoms with Crippen LogP contribution in [0.1, 0.15) is 38.1 Å². The maximum atomic E-state index is 11.8. The van der Waals surface area contributed by atoms with Crippen LogP contribution in [-0.4, -0.2) is 30.1 Å². The fraction of sp³-hybridized carbons (Fsp3) is 0.429. The molecular formula is C21H31IN4O2S. The lowest BCUT2D eigenvalue weighted by molar-refractivity contribution is -0.118. The Kier molecular flexibility index (Phi) is 10.6. The van der Waals surface area contributed by atoms with Gasteiger partial charge in [-0.1, -0.05) is 32.0 Å². The van der Waals surface area contributed by atoms with Gasteiger partial charge in [-0.3, -0.25) is 4.79 Å². The maximum absolute atomic E-state index is 11.8. The third-order valence-electron chi connectivity index (χ3n) is 4.16. The van der Waals surface area contributed by atoms with Crippen LogP contribution in [0, 0.1) is 5.92 Å². The Hall–Kier alpha value is -1.65. The molecule has 0 fully saturated rings. The van der Waals surface area contributed by atoms with Crippen LogP contribution in [0.5, 0.6) is 0 Å². The van der Waals surface area contributed by atoms with Crippen molar-refractivity contribution in [3.8, 4) is 0 Å². The van der Waals surface area contributed by atoms with Gasteiger partial charge in [-0.05, 0) is 43.0 Å². The molecule has 2 aromatic rings. The van der Waals surface area contributed by atoms with Crippen molar-refractivity contribution in [1.29, 1.82) is 0 Å². The highest BCUT2D eigenvalue weighted by atomic mass is 127. The van der Waals surface area contributed by atoms with Gasteiger partial charge in [-0.15, -0.1) is 35.3 Å². The lowest BCUT2D eigenvalue weighted by atomic mass is 10.1. The Bertz CT molecular complexity index is 774. The van der Waals surface area contributed by atoms with E-state index in [1.165, 1.54) is 11.3 Å². The number of carbonyl (C=O) groups excluding carboxylic acids is 1. The van der Waals surface area contributed by atoms with Crippen molar-refractivity contribution in [2.75, 3.05) is 18.4 Å². The molecule has 0 aliphatic carbocycles. The van der Waals surface area contributed by atoms with E-state index in [9.17, 15) is 9.90 Å². The molecule has 0 bridgehead atoms. The van der Waals surface area contributed by atoms with Gasteiger partial charge in [0, 0.05) is 23.0 Å². The summed E-state index contributed by atoms with van der Waals surface area (Å²) in [5.74, 6) is 0.600. The molecule has 8 heteroatoms. The molecule has 1 unspecified atom stereocenters. The number of carbonyl (C=O) groups is 1. The molecule has 0 saturated heterocycles. The lowest BCUT2D eigenvalue weighted by Crippen LogP contribution is -2.44. The average molecular weight is 530 g/mol. The van der Waals surface area contributed by atoms with Gasteiger partial charge in [0.05, 0.1) is 13.1 Å². The third kappa shape index (κ3) is 8.31. The van der Waals surface area contributed by atoms with Crippen molar-refractivity contribution in [1.82, 2.24) is 10.6 Å². The van der Waals surface area contributed by atoms with Crippen LogP contribution >= 0.6 is 35.3 Å². The van der Waals surface area contributed by atoms with Crippen molar-refractivity contribution in [3.05, 3.63) is 52.2 Å². The van der Waals surface area contributed by atoms with E-state index in [4.69, 9.17) is 0 Å². The number of rotatable bonds is 8. The van der Waals surface area contributed by atoms with E-state index in [-0.39, 0.29) is 35.8 Å². The van der Waals surface area contributed by atoms with Crippen LogP contribution < -0.4 is 16.0 Å². The number of benzene rings is 1. The monoisotopic (exact) mass is 530 g/mol. The zero-order valence-corrected chi connectivity index (χ0v) is 20.5. The number of guanidine groups is 1. The predicted octanol–water partition coefficient (Wildman–Crippen LogP) is 3.92. The molecule has 1 amide bonds. The molecule has 0 radical (unpaired) electrons. The van der Waals surface area contributed by atoms with Gasteiger partial charge < -0.3 is 21.1 Å². The molecule has 1 atom stereocenters.